The SMILES string of the molecule is COC1C=CC(C(=O)/C=C/c2ccccc2)=CC1. The van der Waals surface area contributed by atoms with Crippen molar-refractivity contribution < 1.29 is 9.53 Å². The third kappa shape index (κ3) is 3.28. The summed E-state index contributed by atoms with van der Waals surface area (Å²) in [5.74, 6) is 0.0321. The molecular weight excluding hydrogens is 224 g/mol. The highest BCUT2D eigenvalue weighted by molar-refractivity contribution is 6.08. The molecule has 0 N–H and O–H groups in total. The highest BCUT2D eigenvalue weighted by Crippen LogP contribution is 2.14. The van der Waals surface area contributed by atoms with E-state index >= 15 is 0 Å². The maximum absolute atomic E-state index is 11.9. The van der Waals surface area contributed by atoms with Gasteiger partial charge in [0.25, 0.3) is 0 Å². The molecule has 0 saturated carbocycles. The fourth-order valence-corrected chi connectivity index (χ4v) is 1.79. The van der Waals surface area contributed by atoms with E-state index in [2.05, 4.69) is 0 Å². The Labute approximate surface area is 107 Å². The van der Waals surface area contributed by atoms with Crippen LogP contribution in [0.2, 0.25) is 0 Å². The molecule has 92 valence electrons. The van der Waals surface area contributed by atoms with E-state index in [9.17, 15) is 4.79 Å². The zero-order chi connectivity index (χ0) is 12.8. The molecule has 0 aromatic heterocycles. The number of allylic oxidation sites excluding steroid dienone is 3. The quantitative estimate of drug-likeness (QED) is 0.756. The summed E-state index contributed by atoms with van der Waals surface area (Å²) in [6.45, 7) is 0. The minimum absolute atomic E-state index is 0.0321. The molecule has 1 atom stereocenters. The molecule has 0 bridgehead atoms. The number of carbonyl (C=O) groups is 1. The number of ketones is 1. The van der Waals surface area contributed by atoms with Gasteiger partial charge in [-0.05, 0) is 18.1 Å². The minimum atomic E-state index is 0.0321. The summed E-state index contributed by atoms with van der Waals surface area (Å²) in [5, 5.41) is 0. The summed E-state index contributed by atoms with van der Waals surface area (Å²) in [6.07, 6.45) is 9.97. The number of hydrogen-bond donors (Lipinski definition) is 0. The van der Waals surface area contributed by atoms with Crippen LogP contribution in [0.1, 0.15) is 12.0 Å². The molecule has 0 spiro atoms. The van der Waals surface area contributed by atoms with Gasteiger partial charge in [-0.1, -0.05) is 54.6 Å². The van der Waals surface area contributed by atoms with E-state index in [-0.39, 0.29) is 11.9 Å². The van der Waals surface area contributed by atoms with Gasteiger partial charge in [0, 0.05) is 12.7 Å². The molecule has 1 unspecified atom stereocenters. The van der Waals surface area contributed by atoms with Crippen LogP contribution in [-0.4, -0.2) is 19.0 Å². The van der Waals surface area contributed by atoms with Crippen molar-refractivity contribution in [1.29, 1.82) is 0 Å². The second-order valence-corrected chi connectivity index (χ2v) is 4.14. The third-order valence-corrected chi connectivity index (χ3v) is 2.87. The summed E-state index contributed by atoms with van der Waals surface area (Å²) in [4.78, 5) is 11.9. The van der Waals surface area contributed by atoms with E-state index in [0.717, 1.165) is 17.6 Å². The highest BCUT2D eigenvalue weighted by atomic mass is 16.5. The van der Waals surface area contributed by atoms with E-state index < -0.39 is 0 Å². The van der Waals surface area contributed by atoms with Crippen LogP contribution in [0.3, 0.4) is 0 Å². The second kappa shape index (κ2) is 6.12. The molecule has 2 heteroatoms. The van der Waals surface area contributed by atoms with Crippen LogP contribution in [0.5, 0.6) is 0 Å². The normalized spacial score (nSPS) is 18.9. The lowest BCUT2D eigenvalue weighted by molar-refractivity contribution is -0.111. The molecule has 0 radical (unpaired) electrons. The first-order valence-electron chi connectivity index (χ1n) is 5.98. The number of methoxy groups -OCH3 is 1. The van der Waals surface area contributed by atoms with Crippen molar-refractivity contribution in [3.8, 4) is 0 Å². The molecule has 0 aliphatic heterocycles. The molecule has 1 aliphatic rings. The maximum Gasteiger partial charge on any atom is 0.185 e. The van der Waals surface area contributed by atoms with E-state index in [4.69, 9.17) is 4.74 Å². The number of carbonyl (C=O) groups excluding carboxylic acids is 1. The Kier molecular flexibility index (Phi) is 4.26. The van der Waals surface area contributed by atoms with Crippen LogP contribution in [-0.2, 0) is 9.53 Å². The summed E-state index contributed by atoms with van der Waals surface area (Å²) in [5.41, 5.74) is 1.76. The lowest BCUT2D eigenvalue weighted by Crippen LogP contribution is -2.10. The molecular formula is C16H16O2. The Balaban J connectivity index is 2.00. The molecule has 1 aliphatic carbocycles. The largest absolute Gasteiger partial charge is 0.377 e. The average Bonchev–Trinajstić information content (AvgIpc) is 2.46. The predicted molar refractivity (Wildman–Crippen MR) is 73.1 cm³/mol. The van der Waals surface area contributed by atoms with Crippen LogP contribution in [0, 0.1) is 0 Å². The van der Waals surface area contributed by atoms with E-state index in [1.165, 1.54) is 0 Å². The lowest BCUT2D eigenvalue weighted by atomic mass is 10.0. The van der Waals surface area contributed by atoms with Gasteiger partial charge in [0.15, 0.2) is 5.78 Å². The first-order valence-corrected chi connectivity index (χ1v) is 5.98. The Morgan fingerprint density at radius 3 is 2.72 bits per heavy atom. The lowest BCUT2D eigenvalue weighted by Gasteiger charge is -2.12. The first kappa shape index (κ1) is 12.5. The Hall–Kier alpha value is -1.93. The monoisotopic (exact) mass is 240 g/mol. The summed E-state index contributed by atoms with van der Waals surface area (Å²) in [6, 6.07) is 9.79. The van der Waals surface area contributed by atoms with E-state index in [0.29, 0.717) is 0 Å². The smallest absolute Gasteiger partial charge is 0.185 e. The van der Waals surface area contributed by atoms with Gasteiger partial charge in [-0.3, -0.25) is 4.79 Å². The Morgan fingerprint density at radius 1 is 1.33 bits per heavy atom. The first-order chi connectivity index (χ1) is 8.79. The highest BCUT2D eigenvalue weighted by Gasteiger charge is 2.10. The van der Waals surface area contributed by atoms with Crippen molar-refractivity contribution in [2.75, 3.05) is 7.11 Å². The topological polar surface area (TPSA) is 26.3 Å². The predicted octanol–water partition coefficient (Wildman–Crippen LogP) is 3.17. The van der Waals surface area contributed by atoms with Crippen molar-refractivity contribution in [3.63, 3.8) is 0 Å². The summed E-state index contributed by atoms with van der Waals surface area (Å²) < 4.78 is 5.19. The van der Waals surface area contributed by atoms with E-state index in [1.807, 2.05) is 54.6 Å². The van der Waals surface area contributed by atoms with Crippen molar-refractivity contribution in [1.82, 2.24) is 0 Å². The Bertz CT molecular complexity index is 495. The minimum Gasteiger partial charge on any atom is -0.377 e. The van der Waals surface area contributed by atoms with Gasteiger partial charge in [-0.2, -0.15) is 0 Å². The molecule has 2 nitrogen and oxygen atoms in total. The van der Waals surface area contributed by atoms with Gasteiger partial charge < -0.3 is 4.74 Å². The average molecular weight is 240 g/mol. The van der Waals surface area contributed by atoms with Crippen LogP contribution in [0.25, 0.3) is 6.08 Å². The third-order valence-electron chi connectivity index (χ3n) is 2.87. The fourth-order valence-electron chi connectivity index (χ4n) is 1.79. The molecule has 2 rings (SSSR count). The number of benzene rings is 1. The van der Waals surface area contributed by atoms with Crippen LogP contribution >= 0.6 is 0 Å². The summed E-state index contributed by atoms with van der Waals surface area (Å²) >= 11 is 0. The van der Waals surface area contributed by atoms with Gasteiger partial charge >= 0.3 is 0 Å². The molecule has 0 saturated heterocycles. The zero-order valence-corrected chi connectivity index (χ0v) is 10.4. The molecule has 0 heterocycles. The number of rotatable bonds is 4. The van der Waals surface area contributed by atoms with Crippen LogP contribution in [0.4, 0.5) is 0 Å². The molecule has 0 fully saturated rings. The fraction of sp³-hybridized carbons (Fsp3) is 0.188. The van der Waals surface area contributed by atoms with Gasteiger partial charge in [-0.15, -0.1) is 0 Å². The van der Waals surface area contributed by atoms with Crippen LogP contribution < -0.4 is 0 Å². The standard InChI is InChI=1S/C16H16O2/c1-18-15-10-8-14(9-11-15)16(17)12-7-13-5-3-2-4-6-13/h2-10,12,15H,11H2,1H3/b12-7+. The molecule has 1 aromatic rings. The van der Waals surface area contributed by atoms with Crippen molar-refractivity contribution in [3.05, 3.63) is 65.8 Å². The van der Waals surface area contributed by atoms with Crippen molar-refractivity contribution in [2.24, 2.45) is 0 Å². The van der Waals surface area contributed by atoms with Crippen molar-refractivity contribution in [2.45, 2.75) is 12.5 Å². The molecule has 18 heavy (non-hydrogen) atoms. The second-order valence-electron chi connectivity index (χ2n) is 4.14. The van der Waals surface area contributed by atoms with Gasteiger partial charge in [0.2, 0.25) is 0 Å². The molecule has 0 amide bonds. The summed E-state index contributed by atoms with van der Waals surface area (Å²) in [7, 11) is 1.67. The Morgan fingerprint density at radius 2 is 2.11 bits per heavy atom. The van der Waals surface area contributed by atoms with Gasteiger partial charge in [0.1, 0.15) is 0 Å². The number of hydrogen-bond acceptors (Lipinski definition) is 2. The van der Waals surface area contributed by atoms with Gasteiger partial charge in [0.05, 0.1) is 6.10 Å². The van der Waals surface area contributed by atoms with E-state index in [1.54, 1.807) is 13.2 Å². The molecule has 1 aromatic carbocycles. The maximum atomic E-state index is 11.9. The zero-order valence-electron chi connectivity index (χ0n) is 10.4. The van der Waals surface area contributed by atoms with Gasteiger partial charge in [-0.25, -0.2) is 0 Å². The number of ether oxygens (including phenoxy) is 1. The van der Waals surface area contributed by atoms with Crippen LogP contribution in [0.15, 0.2) is 60.2 Å². The van der Waals surface area contributed by atoms with Crippen molar-refractivity contribution >= 4 is 11.9 Å².